The van der Waals surface area contributed by atoms with Crippen molar-refractivity contribution in [2.75, 3.05) is 11.1 Å². The van der Waals surface area contributed by atoms with Gasteiger partial charge in [-0.25, -0.2) is 4.98 Å². The lowest BCUT2D eigenvalue weighted by Gasteiger charge is -2.15. The molecule has 1 heterocycles. The number of carbonyl (C=O) groups is 1. The second-order valence-corrected chi connectivity index (χ2v) is 6.49. The molecule has 0 aliphatic rings. The van der Waals surface area contributed by atoms with E-state index in [-0.39, 0.29) is 22.5 Å². The van der Waals surface area contributed by atoms with Crippen molar-refractivity contribution in [1.82, 2.24) is 9.97 Å². The molecule has 23 heavy (non-hydrogen) atoms. The van der Waals surface area contributed by atoms with Crippen LogP contribution in [0.2, 0.25) is 0 Å². The van der Waals surface area contributed by atoms with Gasteiger partial charge in [0.15, 0.2) is 5.16 Å². The van der Waals surface area contributed by atoms with Gasteiger partial charge in [0.1, 0.15) is 5.82 Å². The molecule has 0 spiro atoms. The zero-order valence-electron chi connectivity index (χ0n) is 13.3. The molecular formula is C16H20N4O2S. The van der Waals surface area contributed by atoms with Crippen LogP contribution in [0, 0.1) is 13.8 Å². The molecule has 1 aromatic heterocycles. The van der Waals surface area contributed by atoms with Crippen molar-refractivity contribution in [2.45, 2.75) is 37.6 Å². The first kappa shape index (κ1) is 17.1. The van der Waals surface area contributed by atoms with Crippen LogP contribution >= 0.6 is 11.8 Å². The summed E-state index contributed by atoms with van der Waals surface area (Å²) in [5, 5.41) is 2.91. The summed E-state index contributed by atoms with van der Waals surface area (Å²) in [6, 6.07) is 7.11. The molecule has 122 valence electrons. The van der Waals surface area contributed by atoms with Crippen LogP contribution in [0.1, 0.15) is 24.5 Å². The maximum absolute atomic E-state index is 12.5. The lowest BCUT2D eigenvalue weighted by atomic mass is 10.1. The second kappa shape index (κ2) is 7.32. The summed E-state index contributed by atoms with van der Waals surface area (Å²) in [6.45, 7) is 5.83. The van der Waals surface area contributed by atoms with E-state index < -0.39 is 0 Å². The van der Waals surface area contributed by atoms with E-state index in [4.69, 9.17) is 5.73 Å². The highest BCUT2D eigenvalue weighted by Crippen LogP contribution is 2.24. The average molecular weight is 332 g/mol. The van der Waals surface area contributed by atoms with E-state index in [1.54, 1.807) is 0 Å². The summed E-state index contributed by atoms with van der Waals surface area (Å²) in [5.41, 5.74) is 8.11. The monoisotopic (exact) mass is 332 g/mol. The first-order chi connectivity index (χ1) is 10.9. The minimum atomic E-state index is -0.375. The summed E-state index contributed by atoms with van der Waals surface area (Å²) < 4.78 is 0. The summed E-state index contributed by atoms with van der Waals surface area (Å²) in [4.78, 5) is 30.6. The fourth-order valence-corrected chi connectivity index (χ4v) is 2.97. The minimum Gasteiger partial charge on any atom is -0.383 e. The third-order valence-corrected chi connectivity index (χ3v) is 4.56. The highest BCUT2D eigenvalue weighted by molar-refractivity contribution is 8.00. The lowest BCUT2D eigenvalue weighted by Crippen LogP contribution is -2.25. The minimum absolute atomic E-state index is 0.128. The van der Waals surface area contributed by atoms with E-state index in [0.29, 0.717) is 11.6 Å². The van der Waals surface area contributed by atoms with Crippen LogP contribution < -0.4 is 16.6 Å². The van der Waals surface area contributed by atoms with E-state index in [0.717, 1.165) is 16.8 Å². The average Bonchev–Trinajstić information content (AvgIpc) is 2.47. The van der Waals surface area contributed by atoms with Gasteiger partial charge in [0.2, 0.25) is 5.91 Å². The standard InChI is InChI=1S/C16H20N4O2S/c1-4-12(23-16-19-13(17)8-14(21)20-16)15(22)18-11-7-9(2)5-6-10(11)3/h5-8,12H,4H2,1-3H3,(H,18,22)(H3,17,19,20,21). The van der Waals surface area contributed by atoms with Gasteiger partial charge in [-0.2, -0.15) is 0 Å². The maximum Gasteiger partial charge on any atom is 0.253 e. The van der Waals surface area contributed by atoms with Crippen LogP contribution in [0.3, 0.4) is 0 Å². The van der Waals surface area contributed by atoms with Crippen LogP contribution in [0.25, 0.3) is 0 Å². The van der Waals surface area contributed by atoms with Crippen LogP contribution in [0.4, 0.5) is 11.5 Å². The van der Waals surface area contributed by atoms with Gasteiger partial charge in [-0.1, -0.05) is 30.8 Å². The van der Waals surface area contributed by atoms with Crippen molar-refractivity contribution in [1.29, 1.82) is 0 Å². The Kier molecular flexibility index (Phi) is 5.44. The number of aromatic nitrogens is 2. The van der Waals surface area contributed by atoms with E-state index in [2.05, 4.69) is 15.3 Å². The van der Waals surface area contributed by atoms with Crippen molar-refractivity contribution >= 4 is 29.2 Å². The number of anilines is 2. The number of hydrogen-bond donors (Lipinski definition) is 3. The zero-order valence-corrected chi connectivity index (χ0v) is 14.2. The Balaban J connectivity index is 2.15. The van der Waals surface area contributed by atoms with Crippen LogP contribution in [0.5, 0.6) is 0 Å². The van der Waals surface area contributed by atoms with Crippen molar-refractivity contribution in [3.05, 3.63) is 45.7 Å². The number of aryl methyl sites for hydroxylation is 2. The van der Waals surface area contributed by atoms with Crippen LogP contribution in [-0.2, 0) is 4.79 Å². The molecule has 1 atom stereocenters. The third kappa shape index (κ3) is 4.59. The molecule has 0 saturated heterocycles. The fourth-order valence-electron chi connectivity index (χ4n) is 2.05. The van der Waals surface area contributed by atoms with E-state index >= 15 is 0 Å². The summed E-state index contributed by atoms with van der Waals surface area (Å²) in [7, 11) is 0. The normalized spacial score (nSPS) is 12.0. The van der Waals surface area contributed by atoms with Crippen molar-refractivity contribution < 1.29 is 4.79 Å². The van der Waals surface area contributed by atoms with Crippen LogP contribution in [-0.4, -0.2) is 21.1 Å². The molecule has 4 N–H and O–H groups in total. The molecule has 1 amide bonds. The number of rotatable bonds is 5. The van der Waals surface area contributed by atoms with Crippen molar-refractivity contribution in [3.8, 4) is 0 Å². The van der Waals surface area contributed by atoms with Crippen LogP contribution in [0.15, 0.2) is 34.2 Å². The topological polar surface area (TPSA) is 101 Å². The van der Waals surface area contributed by atoms with Gasteiger partial charge in [-0.15, -0.1) is 0 Å². The molecule has 1 aromatic carbocycles. The Morgan fingerprint density at radius 2 is 2.13 bits per heavy atom. The zero-order chi connectivity index (χ0) is 17.0. The van der Waals surface area contributed by atoms with Gasteiger partial charge in [-0.05, 0) is 37.5 Å². The van der Waals surface area contributed by atoms with Gasteiger partial charge < -0.3 is 16.0 Å². The number of nitrogens with one attached hydrogen (secondary N) is 2. The molecule has 0 bridgehead atoms. The first-order valence-electron chi connectivity index (χ1n) is 7.30. The molecule has 0 aliphatic heterocycles. The molecule has 1 unspecified atom stereocenters. The number of hydrogen-bond acceptors (Lipinski definition) is 5. The van der Waals surface area contributed by atoms with Gasteiger partial charge in [-0.3, -0.25) is 9.59 Å². The molecule has 0 radical (unpaired) electrons. The summed E-state index contributed by atoms with van der Waals surface area (Å²) in [5.74, 6) is 0.0114. The molecule has 0 saturated carbocycles. The molecule has 6 nitrogen and oxygen atoms in total. The molecular weight excluding hydrogens is 312 g/mol. The van der Waals surface area contributed by atoms with Gasteiger partial charge in [0.05, 0.1) is 5.25 Å². The number of thioether (sulfide) groups is 1. The Hall–Kier alpha value is -2.28. The summed E-state index contributed by atoms with van der Waals surface area (Å²) in [6.07, 6.45) is 0.597. The van der Waals surface area contributed by atoms with Crippen molar-refractivity contribution in [2.24, 2.45) is 0 Å². The first-order valence-corrected chi connectivity index (χ1v) is 8.18. The molecule has 2 aromatic rings. The molecule has 7 heteroatoms. The summed E-state index contributed by atoms with van der Waals surface area (Å²) >= 11 is 1.20. The van der Waals surface area contributed by atoms with E-state index in [9.17, 15) is 9.59 Å². The second-order valence-electron chi connectivity index (χ2n) is 5.30. The smallest absolute Gasteiger partial charge is 0.253 e. The number of benzene rings is 1. The quantitative estimate of drug-likeness (QED) is 0.577. The molecule has 0 fully saturated rings. The number of H-pyrrole nitrogens is 1. The number of carbonyl (C=O) groups excluding carboxylic acids is 1. The highest BCUT2D eigenvalue weighted by Gasteiger charge is 2.20. The molecule has 2 rings (SSSR count). The Labute approximate surface area is 138 Å². The van der Waals surface area contributed by atoms with E-state index in [1.807, 2.05) is 39.0 Å². The van der Waals surface area contributed by atoms with E-state index in [1.165, 1.54) is 17.8 Å². The Morgan fingerprint density at radius 3 is 2.78 bits per heavy atom. The Morgan fingerprint density at radius 1 is 1.39 bits per heavy atom. The largest absolute Gasteiger partial charge is 0.383 e. The number of nitrogen functional groups attached to an aromatic ring is 1. The van der Waals surface area contributed by atoms with Gasteiger partial charge in [0.25, 0.3) is 5.56 Å². The fraction of sp³-hybridized carbons (Fsp3) is 0.312. The number of nitrogens with two attached hydrogens (primary N) is 1. The SMILES string of the molecule is CCC(Sc1nc(N)cc(=O)[nH]1)C(=O)Nc1cc(C)ccc1C. The molecule has 0 aliphatic carbocycles. The van der Waals surface area contributed by atoms with Crippen molar-refractivity contribution in [3.63, 3.8) is 0 Å². The number of nitrogens with zero attached hydrogens (tertiary/aromatic N) is 1. The number of aromatic amines is 1. The Bertz CT molecular complexity index is 773. The third-order valence-electron chi connectivity index (χ3n) is 3.31. The maximum atomic E-state index is 12.5. The highest BCUT2D eigenvalue weighted by atomic mass is 32.2. The lowest BCUT2D eigenvalue weighted by molar-refractivity contribution is -0.115. The number of amides is 1. The predicted octanol–water partition coefficient (Wildman–Crippen LogP) is 2.48. The predicted molar refractivity (Wildman–Crippen MR) is 93.8 cm³/mol. The van der Waals surface area contributed by atoms with Gasteiger partial charge in [0, 0.05) is 11.8 Å². The van der Waals surface area contributed by atoms with Gasteiger partial charge >= 0.3 is 0 Å².